The number of unbranched alkanes of at least 4 members (excludes halogenated alkanes) is 8. The Morgan fingerprint density at radius 1 is 0.900 bits per heavy atom. The molecule has 0 fully saturated rings. The standard InChI is InChI=1S/C15H26O4.Na/c1-2-15(18)19-13-11-9-7-5-3-4-6-8-10-12-14(16)17;/h2H,1,3-13H2,(H,16,17);. The van der Waals surface area contributed by atoms with Crippen LogP contribution in [-0.4, -0.2) is 53.2 Å². The first kappa shape index (κ1) is 22.0. The van der Waals surface area contributed by atoms with Gasteiger partial charge in [-0.15, -0.1) is 0 Å². The van der Waals surface area contributed by atoms with Crippen LogP contribution < -0.4 is 0 Å². The van der Waals surface area contributed by atoms with Crippen molar-refractivity contribution in [2.45, 2.75) is 64.2 Å². The molecule has 0 saturated heterocycles. The molecule has 0 atom stereocenters. The zero-order chi connectivity index (χ0) is 14.3. The van der Waals surface area contributed by atoms with Crippen LogP contribution in [0, 0.1) is 0 Å². The molecule has 0 aliphatic rings. The average molecular weight is 293 g/mol. The SMILES string of the molecule is C=CC(=O)OCCCCCCCCCCCC(=O)O.[Na]. The second kappa shape index (κ2) is 16.7. The molecule has 5 heteroatoms. The third kappa shape index (κ3) is 17.7. The molecule has 0 unspecified atom stereocenters. The van der Waals surface area contributed by atoms with Crippen LogP contribution in [0.3, 0.4) is 0 Å². The van der Waals surface area contributed by atoms with Crippen LogP contribution in [0.5, 0.6) is 0 Å². The fourth-order valence-electron chi connectivity index (χ4n) is 1.85. The van der Waals surface area contributed by atoms with Gasteiger partial charge in [0.1, 0.15) is 0 Å². The van der Waals surface area contributed by atoms with Gasteiger partial charge in [0.15, 0.2) is 0 Å². The van der Waals surface area contributed by atoms with E-state index in [1.807, 2.05) is 0 Å². The molecule has 0 aliphatic carbocycles. The summed E-state index contributed by atoms with van der Waals surface area (Å²) >= 11 is 0. The van der Waals surface area contributed by atoms with Gasteiger partial charge < -0.3 is 9.84 Å². The first-order valence-corrected chi connectivity index (χ1v) is 7.18. The molecular weight excluding hydrogens is 267 g/mol. The van der Waals surface area contributed by atoms with Gasteiger partial charge in [0.25, 0.3) is 0 Å². The smallest absolute Gasteiger partial charge is 0.330 e. The van der Waals surface area contributed by atoms with Crippen LogP contribution >= 0.6 is 0 Å². The zero-order valence-corrected chi connectivity index (χ0v) is 14.7. The topological polar surface area (TPSA) is 63.6 Å². The van der Waals surface area contributed by atoms with Gasteiger partial charge in [-0.3, -0.25) is 4.79 Å². The van der Waals surface area contributed by atoms with Crippen molar-refractivity contribution in [3.05, 3.63) is 12.7 Å². The molecule has 0 spiro atoms. The van der Waals surface area contributed by atoms with Gasteiger partial charge in [-0.25, -0.2) is 4.79 Å². The molecule has 0 aromatic carbocycles. The molecule has 4 nitrogen and oxygen atoms in total. The number of esters is 1. The van der Waals surface area contributed by atoms with Crippen molar-refractivity contribution in [1.82, 2.24) is 0 Å². The molecular formula is C15H26NaO4. The molecule has 0 bridgehead atoms. The Hall–Kier alpha value is -0.320. The third-order valence-electron chi connectivity index (χ3n) is 2.95. The normalized spacial score (nSPS) is 9.60. The molecule has 20 heavy (non-hydrogen) atoms. The third-order valence-corrected chi connectivity index (χ3v) is 2.95. The maximum absolute atomic E-state index is 10.7. The Morgan fingerprint density at radius 3 is 1.80 bits per heavy atom. The molecule has 0 heterocycles. The summed E-state index contributed by atoms with van der Waals surface area (Å²) in [6.07, 6.45) is 11.2. The fraction of sp³-hybridized carbons (Fsp3) is 0.733. The van der Waals surface area contributed by atoms with E-state index in [2.05, 4.69) is 6.58 Å². The summed E-state index contributed by atoms with van der Waals surface area (Å²) in [6.45, 7) is 3.82. The Labute approximate surface area is 144 Å². The average Bonchev–Trinajstić information content (AvgIpc) is 2.39. The van der Waals surface area contributed by atoms with Crippen molar-refractivity contribution >= 4 is 41.5 Å². The van der Waals surface area contributed by atoms with Gasteiger partial charge in [-0.2, -0.15) is 0 Å². The Bertz CT molecular complexity index is 267. The number of carboxylic acids is 1. The van der Waals surface area contributed by atoms with E-state index in [1.54, 1.807) is 0 Å². The van der Waals surface area contributed by atoms with Crippen molar-refractivity contribution < 1.29 is 19.4 Å². The molecule has 1 N–H and O–H groups in total. The van der Waals surface area contributed by atoms with Crippen LogP contribution in [0.2, 0.25) is 0 Å². The van der Waals surface area contributed by atoms with E-state index in [4.69, 9.17) is 9.84 Å². The van der Waals surface area contributed by atoms with Crippen LogP contribution in [-0.2, 0) is 14.3 Å². The zero-order valence-electron chi connectivity index (χ0n) is 12.7. The van der Waals surface area contributed by atoms with Gasteiger partial charge in [0.05, 0.1) is 6.61 Å². The van der Waals surface area contributed by atoms with E-state index < -0.39 is 5.97 Å². The van der Waals surface area contributed by atoms with E-state index in [0.29, 0.717) is 13.0 Å². The number of carboxylic acid groups (broad SMARTS) is 1. The monoisotopic (exact) mass is 293 g/mol. The molecule has 0 aromatic rings. The van der Waals surface area contributed by atoms with Crippen LogP contribution in [0.1, 0.15) is 64.2 Å². The Kier molecular flexibility index (Phi) is 18.4. The maximum atomic E-state index is 10.7. The first-order valence-electron chi connectivity index (χ1n) is 7.18. The summed E-state index contributed by atoms with van der Waals surface area (Å²) in [5, 5.41) is 8.47. The number of ether oxygens (including phenoxy) is 1. The molecule has 0 saturated carbocycles. The molecule has 0 rings (SSSR count). The summed E-state index contributed by atoms with van der Waals surface area (Å²) < 4.78 is 4.88. The van der Waals surface area contributed by atoms with Gasteiger partial charge in [0.2, 0.25) is 0 Å². The number of hydrogen-bond donors (Lipinski definition) is 1. The second-order valence-corrected chi connectivity index (χ2v) is 4.70. The first-order chi connectivity index (χ1) is 9.16. The quantitative estimate of drug-likeness (QED) is 0.245. The molecule has 0 aliphatic heterocycles. The minimum Gasteiger partial charge on any atom is -0.481 e. The minimum atomic E-state index is -0.697. The predicted molar refractivity (Wildman–Crippen MR) is 80.7 cm³/mol. The van der Waals surface area contributed by atoms with E-state index in [0.717, 1.165) is 32.1 Å². The molecule has 111 valence electrons. The van der Waals surface area contributed by atoms with Crippen molar-refractivity contribution in [2.75, 3.05) is 6.61 Å². The van der Waals surface area contributed by atoms with Gasteiger partial charge in [-0.05, 0) is 12.8 Å². The molecule has 0 amide bonds. The van der Waals surface area contributed by atoms with Gasteiger partial charge in [0, 0.05) is 42.1 Å². The Balaban J connectivity index is 0. The molecule has 0 aromatic heterocycles. The number of hydrogen-bond acceptors (Lipinski definition) is 3. The van der Waals surface area contributed by atoms with Crippen molar-refractivity contribution in [3.8, 4) is 0 Å². The second-order valence-electron chi connectivity index (χ2n) is 4.70. The van der Waals surface area contributed by atoms with Crippen LogP contribution in [0.4, 0.5) is 0 Å². The van der Waals surface area contributed by atoms with E-state index in [1.165, 1.54) is 31.8 Å². The molecule has 1 radical (unpaired) electrons. The summed E-state index contributed by atoms with van der Waals surface area (Å²) in [4.78, 5) is 21.0. The summed E-state index contributed by atoms with van der Waals surface area (Å²) in [7, 11) is 0. The number of carbonyl (C=O) groups excluding carboxylic acids is 1. The van der Waals surface area contributed by atoms with Gasteiger partial charge in [-0.1, -0.05) is 51.5 Å². The largest absolute Gasteiger partial charge is 0.481 e. The van der Waals surface area contributed by atoms with Gasteiger partial charge >= 0.3 is 11.9 Å². The summed E-state index contributed by atoms with van der Waals surface area (Å²) in [5.74, 6) is -1.04. The fourth-order valence-corrected chi connectivity index (χ4v) is 1.85. The summed E-state index contributed by atoms with van der Waals surface area (Å²) in [5.41, 5.74) is 0. The number of aliphatic carboxylic acids is 1. The van der Waals surface area contributed by atoms with Crippen LogP contribution in [0.25, 0.3) is 0 Å². The number of rotatable bonds is 13. The maximum Gasteiger partial charge on any atom is 0.330 e. The predicted octanol–water partition coefficient (Wildman–Crippen LogP) is 3.32. The number of carbonyl (C=O) groups is 2. The van der Waals surface area contributed by atoms with E-state index >= 15 is 0 Å². The van der Waals surface area contributed by atoms with Crippen molar-refractivity contribution in [3.63, 3.8) is 0 Å². The van der Waals surface area contributed by atoms with E-state index in [-0.39, 0.29) is 35.5 Å². The van der Waals surface area contributed by atoms with Crippen molar-refractivity contribution in [1.29, 1.82) is 0 Å². The Morgan fingerprint density at radius 2 is 1.35 bits per heavy atom. The minimum absolute atomic E-state index is 0. The summed E-state index contributed by atoms with van der Waals surface area (Å²) in [6, 6.07) is 0. The van der Waals surface area contributed by atoms with E-state index in [9.17, 15) is 9.59 Å². The van der Waals surface area contributed by atoms with Crippen molar-refractivity contribution in [2.24, 2.45) is 0 Å². The van der Waals surface area contributed by atoms with Crippen LogP contribution in [0.15, 0.2) is 12.7 Å².